The summed E-state index contributed by atoms with van der Waals surface area (Å²) in [6, 6.07) is 0. The quantitative estimate of drug-likeness (QED) is 0.424. The molecule has 0 bridgehead atoms. The lowest BCUT2D eigenvalue weighted by molar-refractivity contribution is 0.649. The van der Waals surface area contributed by atoms with Gasteiger partial charge < -0.3 is 6.42 Å². The highest BCUT2D eigenvalue weighted by Gasteiger charge is 1.94. The molecule has 0 aliphatic heterocycles. The molecule has 0 saturated carbocycles. The average molecular weight is 165 g/mol. The molecule has 0 heterocycles. The van der Waals surface area contributed by atoms with Crippen LogP contribution < -0.4 is 0 Å². The summed E-state index contributed by atoms with van der Waals surface area (Å²) in [6.45, 7) is 8.70. The lowest BCUT2D eigenvalue weighted by Crippen LogP contribution is -1.88. The zero-order chi connectivity index (χ0) is 9.40. The van der Waals surface area contributed by atoms with E-state index in [1.54, 1.807) is 0 Å². The second-order valence-corrected chi connectivity index (χ2v) is 3.51. The van der Waals surface area contributed by atoms with Crippen molar-refractivity contribution >= 4 is 0 Å². The van der Waals surface area contributed by atoms with E-state index in [0.29, 0.717) is 0 Å². The van der Waals surface area contributed by atoms with Gasteiger partial charge in [0.05, 0.1) is 0 Å². The van der Waals surface area contributed by atoms with Crippen LogP contribution in [0.5, 0.6) is 0 Å². The first-order valence-electron chi connectivity index (χ1n) is 4.80. The second-order valence-electron chi connectivity index (χ2n) is 3.51. The Balaban J connectivity index is 3.84. The van der Waals surface area contributed by atoms with E-state index in [2.05, 4.69) is 52.3 Å². The molecule has 0 spiro atoms. The summed E-state index contributed by atoms with van der Waals surface area (Å²) in [6.07, 6.45) is 11.1. The zero-order valence-electron chi connectivity index (χ0n) is 8.80. The van der Waals surface area contributed by atoms with Crippen molar-refractivity contribution < 1.29 is 0 Å². The standard InChI is InChI=1S/C12H21/c1-5-7-8-9-12(6-2)10-11(3)4/h5-6,8-9,11H,7,10H2,1-4H3/q-1/b9-8+,12-6+. The molecule has 0 unspecified atom stereocenters. The van der Waals surface area contributed by atoms with E-state index in [-0.39, 0.29) is 0 Å². The SMILES string of the molecule is C/C=C(\C=C\C[CH-]C)CC(C)C. The van der Waals surface area contributed by atoms with Crippen molar-refractivity contribution in [2.24, 2.45) is 5.92 Å². The Bertz CT molecular complexity index is 149. The summed E-state index contributed by atoms with van der Waals surface area (Å²) in [5.74, 6) is 0.756. The molecular formula is C12H21-. The molecule has 0 aliphatic carbocycles. The van der Waals surface area contributed by atoms with Crippen molar-refractivity contribution in [2.75, 3.05) is 0 Å². The monoisotopic (exact) mass is 165 g/mol. The third-order valence-electron chi connectivity index (χ3n) is 1.72. The number of rotatable bonds is 5. The highest BCUT2D eigenvalue weighted by molar-refractivity contribution is 5.18. The van der Waals surface area contributed by atoms with Crippen LogP contribution in [0.25, 0.3) is 0 Å². The summed E-state index contributed by atoms with van der Waals surface area (Å²) in [5, 5.41) is 0. The Morgan fingerprint density at radius 1 is 1.42 bits per heavy atom. The van der Waals surface area contributed by atoms with Crippen LogP contribution in [0.4, 0.5) is 0 Å². The summed E-state index contributed by atoms with van der Waals surface area (Å²) in [7, 11) is 0. The molecule has 0 aromatic heterocycles. The van der Waals surface area contributed by atoms with Gasteiger partial charge in [0.15, 0.2) is 0 Å². The van der Waals surface area contributed by atoms with Crippen molar-refractivity contribution in [1.82, 2.24) is 0 Å². The number of allylic oxidation sites excluding steroid dienone is 4. The van der Waals surface area contributed by atoms with Crippen LogP contribution in [-0.2, 0) is 0 Å². The lowest BCUT2D eigenvalue weighted by Gasteiger charge is -2.05. The highest BCUT2D eigenvalue weighted by atomic mass is 14.0. The first-order chi connectivity index (χ1) is 5.70. The molecule has 0 radical (unpaired) electrons. The molecule has 0 saturated heterocycles. The minimum atomic E-state index is 0.756. The predicted molar refractivity (Wildman–Crippen MR) is 56.9 cm³/mol. The van der Waals surface area contributed by atoms with E-state index in [1.165, 1.54) is 12.0 Å². The Labute approximate surface area is 77.4 Å². The molecule has 0 rings (SSSR count). The van der Waals surface area contributed by atoms with Crippen LogP contribution in [-0.4, -0.2) is 0 Å². The maximum atomic E-state index is 2.25. The van der Waals surface area contributed by atoms with Gasteiger partial charge in [-0.25, -0.2) is 0 Å². The molecule has 0 heteroatoms. The van der Waals surface area contributed by atoms with Crippen LogP contribution in [0.1, 0.15) is 40.5 Å². The normalized spacial score (nSPS) is 13.2. The van der Waals surface area contributed by atoms with Crippen LogP contribution >= 0.6 is 0 Å². The molecule has 0 aromatic rings. The maximum absolute atomic E-state index is 2.25. The molecule has 0 amide bonds. The van der Waals surface area contributed by atoms with Crippen molar-refractivity contribution in [3.8, 4) is 0 Å². The van der Waals surface area contributed by atoms with Crippen molar-refractivity contribution in [3.63, 3.8) is 0 Å². The lowest BCUT2D eigenvalue weighted by atomic mass is 10.0. The van der Waals surface area contributed by atoms with Gasteiger partial charge in [-0.3, -0.25) is 0 Å². The van der Waals surface area contributed by atoms with E-state index < -0.39 is 0 Å². The summed E-state index contributed by atoms with van der Waals surface area (Å²) in [5.41, 5.74) is 1.45. The molecule has 12 heavy (non-hydrogen) atoms. The molecule has 0 aliphatic rings. The first kappa shape index (κ1) is 11.5. The Kier molecular flexibility index (Phi) is 6.84. The summed E-state index contributed by atoms with van der Waals surface area (Å²) >= 11 is 0. The van der Waals surface area contributed by atoms with Crippen LogP contribution in [0.3, 0.4) is 0 Å². The van der Waals surface area contributed by atoms with E-state index >= 15 is 0 Å². The van der Waals surface area contributed by atoms with E-state index in [9.17, 15) is 0 Å². The van der Waals surface area contributed by atoms with Gasteiger partial charge >= 0.3 is 0 Å². The fourth-order valence-corrected chi connectivity index (χ4v) is 1.11. The number of hydrogen-bond acceptors (Lipinski definition) is 0. The van der Waals surface area contributed by atoms with Gasteiger partial charge in [0.1, 0.15) is 0 Å². The first-order valence-corrected chi connectivity index (χ1v) is 4.80. The fraction of sp³-hybridized carbons (Fsp3) is 0.583. The van der Waals surface area contributed by atoms with Crippen molar-refractivity contribution in [1.29, 1.82) is 0 Å². The summed E-state index contributed by atoms with van der Waals surface area (Å²) in [4.78, 5) is 0. The molecular weight excluding hydrogens is 144 g/mol. The molecule has 0 aromatic carbocycles. The Morgan fingerprint density at radius 2 is 2.08 bits per heavy atom. The fourth-order valence-electron chi connectivity index (χ4n) is 1.11. The van der Waals surface area contributed by atoms with Gasteiger partial charge in [-0.2, -0.15) is 13.3 Å². The van der Waals surface area contributed by atoms with Crippen LogP contribution in [0.15, 0.2) is 23.8 Å². The summed E-state index contributed by atoms with van der Waals surface area (Å²) < 4.78 is 0. The van der Waals surface area contributed by atoms with Crippen molar-refractivity contribution in [2.45, 2.75) is 40.5 Å². The van der Waals surface area contributed by atoms with Gasteiger partial charge in [-0.05, 0) is 19.3 Å². The number of hydrogen-bond donors (Lipinski definition) is 0. The predicted octanol–water partition coefficient (Wildman–Crippen LogP) is 4.15. The number of unbranched alkanes of at least 4 members (excludes halogenated alkanes) is 1. The average Bonchev–Trinajstić information content (AvgIpc) is 2.02. The molecule has 0 fully saturated rings. The second kappa shape index (κ2) is 7.15. The van der Waals surface area contributed by atoms with Gasteiger partial charge in [-0.1, -0.05) is 31.6 Å². The molecule has 0 nitrogen and oxygen atoms in total. The van der Waals surface area contributed by atoms with E-state index in [1.807, 2.05) is 0 Å². The van der Waals surface area contributed by atoms with Gasteiger partial charge in [-0.15, -0.1) is 6.08 Å². The Morgan fingerprint density at radius 3 is 2.50 bits per heavy atom. The minimum absolute atomic E-state index is 0.756. The van der Waals surface area contributed by atoms with E-state index in [0.717, 1.165) is 12.3 Å². The highest BCUT2D eigenvalue weighted by Crippen LogP contribution is 2.11. The topological polar surface area (TPSA) is 0 Å². The van der Waals surface area contributed by atoms with Crippen LogP contribution in [0.2, 0.25) is 0 Å². The third-order valence-corrected chi connectivity index (χ3v) is 1.72. The minimum Gasteiger partial charge on any atom is -0.328 e. The Hall–Kier alpha value is -0.520. The van der Waals surface area contributed by atoms with Crippen molar-refractivity contribution in [3.05, 3.63) is 30.2 Å². The molecule has 70 valence electrons. The zero-order valence-corrected chi connectivity index (χ0v) is 8.80. The van der Waals surface area contributed by atoms with Gasteiger partial charge in [0, 0.05) is 0 Å². The maximum Gasteiger partial charge on any atom is -0.0259 e. The van der Waals surface area contributed by atoms with Gasteiger partial charge in [0.2, 0.25) is 0 Å². The smallest absolute Gasteiger partial charge is 0.0259 e. The van der Waals surface area contributed by atoms with Crippen LogP contribution in [0, 0.1) is 12.3 Å². The van der Waals surface area contributed by atoms with Gasteiger partial charge in [0.25, 0.3) is 0 Å². The van der Waals surface area contributed by atoms with E-state index in [4.69, 9.17) is 0 Å². The molecule has 0 atom stereocenters. The molecule has 0 N–H and O–H groups in total. The largest absolute Gasteiger partial charge is 0.328 e. The third kappa shape index (κ3) is 6.21.